The Hall–Kier alpha value is -2.30. The number of carboxylic acids is 1. The quantitative estimate of drug-likeness (QED) is 0.796. The van der Waals surface area contributed by atoms with Crippen molar-refractivity contribution in [2.24, 2.45) is 0 Å². The molecule has 0 amide bonds. The van der Waals surface area contributed by atoms with Gasteiger partial charge in [-0.3, -0.25) is 4.79 Å². The Morgan fingerprint density at radius 3 is 2.69 bits per heavy atom. The molecule has 0 aliphatic heterocycles. The molecule has 1 aromatic carbocycles. The number of aromatic carboxylic acids is 1. The number of methoxy groups -OCH3 is 1. The minimum atomic E-state index is -1.30. The van der Waals surface area contributed by atoms with Crippen LogP contribution in [0.25, 0.3) is 10.9 Å². The normalized spacial score (nSPS) is 10.3. The van der Waals surface area contributed by atoms with E-state index >= 15 is 0 Å². The highest BCUT2D eigenvalue weighted by molar-refractivity contribution is 5.98. The first kappa shape index (κ1) is 10.2. The zero-order valence-corrected chi connectivity index (χ0v) is 8.48. The zero-order chi connectivity index (χ0) is 11.7. The number of aromatic nitrogens is 1. The fraction of sp³-hybridized carbons (Fsp3) is 0.0909. The third kappa shape index (κ3) is 1.42. The van der Waals surface area contributed by atoms with Crippen LogP contribution in [0.15, 0.2) is 29.1 Å². The first-order chi connectivity index (χ1) is 7.65. The van der Waals surface area contributed by atoms with E-state index in [4.69, 9.17) is 9.84 Å². The van der Waals surface area contributed by atoms with E-state index in [-0.39, 0.29) is 11.3 Å². The molecule has 0 spiro atoms. The molecular weight excluding hydrogens is 210 g/mol. The van der Waals surface area contributed by atoms with Crippen LogP contribution in [-0.2, 0) is 0 Å². The van der Waals surface area contributed by atoms with Crippen molar-refractivity contribution in [2.45, 2.75) is 0 Å². The molecule has 2 aromatic rings. The molecule has 2 rings (SSSR count). The average molecular weight is 219 g/mol. The van der Waals surface area contributed by atoms with Crippen LogP contribution in [0.2, 0.25) is 0 Å². The van der Waals surface area contributed by atoms with Crippen LogP contribution in [-0.4, -0.2) is 23.2 Å². The molecule has 0 aliphatic carbocycles. The summed E-state index contributed by atoms with van der Waals surface area (Å²) in [4.78, 5) is 25.0. The molecule has 0 radical (unpaired) electrons. The van der Waals surface area contributed by atoms with Gasteiger partial charge in [0.2, 0.25) is 0 Å². The third-order valence-corrected chi connectivity index (χ3v) is 2.29. The first-order valence-electron chi connectivity index (χ1n) is 4.57. The smallest absolute Gasteiger partial charge is 0.345 e. The highest BCUT2D eigenvalue weighted by Crippen LogP contribution is 2.25. The molecule has 1 heterocycles. The van der Waals surface area contributed by atoms with Crippen molar-refractivity contribution in [1.82, 2.24) is 4.98 Å². The average Bonchev–Trinajstić information content (AvgIpc) is 2.26. The molecular formula is C11H9NO4. The minimum Gasteiger partial charge on any atom is -0.495 e. The highest BCUT2D eigenvalue weighted by Gasteiger charge is 2.18. The number of hydrogen-bond acceptors (Lipinski definition) is 3. The Labute approximate surface area is 90.3 Å². The lowest BCUT2D eigenvalue weighted by atomic mass is 10.1. The number of rotatable bonds is 2. The van der Waals surface area contributed by atoms with Gasteiger partial charge in [0.05, 0.1) is 12.6 Å². The highest BCUT2D eigenvalue weighted by atomic mass is 16.5. The molecule has 5 heteroatoms. The van der Waals surface area contributed by atoms with Gasteiger partial charge in [0.15, 0.2) is 5.56 Å². The van der Waals surface area contributed by atoms with E-state index in [2.05, 4.69) is 4.98 Å². The number of ether oxygens (including phenoxy) is 1. The van der Waals surface area contributed by atoms with E-state index in [1.165, 1.54) is 7.11 Å². The van der Waals surface area contributed by atoms with Gasteiger partial charge in [0, 0.05) is 5.39 Å². The van der Waals surface area contributed by atoms with Crippen molar-refractivity contribution in [1.29, 1.82) is 0 Å². The predicted molar refractivity (Wildman–Crippen MR) is 58.1 cm³/mol. The van der Waals surface area contributed by atoms with E-state index in [1.54, 1.807) is 24.3 Å². The second-order valence-electron chi connectivity index (χ2n) is 3.21. The molecule has 0 fully saturated rings. The zero-order valence-electron chi connectivity index (χ0n) is 8.48. The van der Waals surface area contributed by atoms with Gasteiger partial charge in [-0.25, -0.2) is 4.79 Å². The molecule has 16 heavy (non-hydrogen) atoms. The largest absolute Gasteiger partial charge is 0.495 e. The van der Waals surface area contributed by atoms with Crippen LogP contribution in [0, 0.1) is 0 Å². The van der Waals surface area contributed by atoms with Gasteiger partial charge in [-0.15, -0.1) is 0 Å². The van der Waals surface area contributed by atoms with Crippen LogP contribution < -0.4 is 10.3 Å². The number of para-hydroxylation sites is 1. The third-order valence-electron chi connectivity index (χ3n) is 2.29. The van der Waals surface area contributed by atoms with Gasteiger partial charge in [-0.2, -0.15) is 0 Å². The summed E-state index contributed by atoms with van der Waals surface area (Å²) in [5.74, 6) is -1.21. The summed E-state index contributed by atoms with van der Waals surface area (Å²) in [5, 5.41) is 9.51. The van der Waals surface area contributed by atoms with Crippen molar-refractivity contribution in [2.75, 3.05) is 7.11 Å². The maximum atomic E-state index is 11.5. The second-order valence-corrected chi connectivity index (χ2v) is 3.21. The van der Waals surface area contributed by atoms with Crippen molar-refractivity contribution in [3.05, 3.63) is 40.2 Å². The lowest BCUT2D eigenvalue weighted by molar-refractivity contribution is 0.0691. The molecule has 82 valence electrons. The summed E-state index contributed by atoms with van der Waals surface area (Å²) >= 11 is 0. The maximum absolute atomic E-state index is 11.5. The summed E-state index contributed by atoms with van der Waals surface area (Å²) in [6.07, 6.45) is 0. The Balaban J connectivity index is 2.96. The summed E-state index contributed by atoms with van der Waals surface area (Å²) in [6, 6.07) is 6.87. The number of aromatic amines is 1. The standard InChI is InChI=1S/C11H9NO4/c1-16-9-6-4-2-3-5-7(6)12-10(13)8(9)11(14)15/h2-5H,1H3,(H,12,13)(H,14,15). The van der Waals surface area contributed by atoms with Crippen LogP contribution in [0.3, 0.4) is 0 Å². The van der Waals surface area contributed by atoms with E-state index < -0.39 is 11.5 Å². The van der Waals surface area contributed by atoms with E-state index in [0.717, 1.165) is 0 Å². The Morgan fingerprint density at radius 2 is 2.06 bits per heavy atom. The second kappa shape index (κ2) is 3.69. The molecule has 0 saturated heterocycles. The van der Waals surface area contributed by atoms with Gasteiger partial charge in [0.1, 0.15) is 5.75 Å². The summed E-state index contributed by atoms with van der Waals surface area (Å²) in [7, 11) is 1.34. The molecule has 0 aliphatic rings. The number of pyridine rings is 1. The van der Waals surface area contributed by atoms with Crippen LogP contribution in [0.4, 0.5) is 0 Å². The monoisotopic (exact) mass is 219 g/mol. The Morgan fingerprint density at radius 1 is 1.38 bits per heavy atom. The maximum Gasteiger partial charge on any atom is 0.345 e. The lowest BCUT2D eigenvalue weighted by Crippen LogP contribution is -2.19. The molecule has 0 saturated carbocycles. The molecule has 2 N–H and O–H groups in total. The number of fused-ring (bicyclic) bond motifs is 1. The molecule has 5 nitrogen and oxygen atoms in total. The minimum absolute atomic E-state index is 0.0897. The lowest BCUT2D eigenvalue weighted by Gasteiger charge is -2.07. The molecule has 0 atom stereocenters. The number of benzene rings is 1. The Kier molecular flexibility index (Phi) is 2.36. The van der Waals surface area contributed by atoms with Gasteiger partial charge in [0.25, 0.3) is 5.56 Å². The van der Waals surface area contributed by atoms with Gasteiger partial charge < -0.3 is 14.8 Å². The number of carbonyl (C=O) groups is 1. The number of H-pyrrole nitrogens is 1. The number of hydrogen-bond donors (Lipinski definition) is 2. The molecule has 0 unspecified atom stereocenters. The number of carboxylic acid groups (broad SMARTS) is 1. The fourth-order valence-corrected chi connectivity index (χ4v) is 1.62. The predicted octanol–water partition coefficient (Wildman–Crippen LogP) is 1.23. The van der Waals surface area contributed by atoms with Crippen LogP contribution in [0.1, 0.15) is 10.4 Å². The van der Waals surface area contributed by atoms with E-state index in [0.29, 0.717) is 10.9 Å². The van der Waals surface area contributed by atoms with Gasteiger partial charge in [-0.05, 0) is 12.1 Å². The van der Waals surface area contributed by atoms with Gasteiger partial charge >= 0.3 is 5.97 Å². The van der Waals surface area contributed by atoms with E-state index in [1.807, 2.05) is 0 Å². The fourth-order valence-electron chi connectivity index (χ4n) is 1.62. The molecule has 0 bridgehead atoms. The van der Waals surface area contributed by atoms with Crippen molar-refractivity contribution < 1.29 is 14.6 Å². The number of nitrogens with one attached hydrogen (secondary N) is 1. The molecule has 1 aromatic heterocycles. The summed E-state index contributed by atoms with van der Waals surface area (Å²) in [6.45, 7) is 0. The topological polar surface area (TPSA) is 79.4 Å². The van der Waals surface area contributed by atoms with Crippen molar-refractivity contribution in [3.63, 3.8) is 0 Å². The SMILES string of the molecule is COc1c(C(=O)O)c(=O)[nH]c2ccccc12. The van der Waals surface area contributed by atoms with Crippen molar-refractivity contribution >= 4 is 16.9 Å². The van der Waals surface area contributed by atoms with Crippen LogP contribution >= 0.6 is 0 Å². The summed E-state index contributed by atoms with van der Waals surface area (Å²) in [5.41, 5.74) is -0.487. The van der Waals surface area contributed by atoms with Crippen molar-refractivity contribution in [3.8, 4) is 5.75 Å². The van der Waals surface area contributed by atoms with Gasteiger partial charge in [-0.1, -0.05) is 12.1 Å². The van der Waals surface area contributed by atoms with Crippen LogP contribution in [0.5, 0.6) is 5.75 Å². The first-order valence-corrected chi connectivity index (χ1v) is 4.57. The van der Waals surface area contributed by atoms with E-state index in [9.17, 15) is 9.59 Å². The Bertz CT molecular complexity index is 615. The summed E-state index contributed by atoms with van der Waals surface area (Å²) < 4.78 is 5.00.